The van der Waals surface area contributed by atoms with E-state index in [1.54, 1.807) is 6.07 Å². The van der Waals surface area contributed by atoms with E-state index >= 15 is 0 Å². The van der Waals surface area contributed by atoms with Gasteiger partial charge in [0.05, 0.1) is 29.8 Å². The number of hydrogen-bond acceptors (Lipinski definition) is 7. The number of hydrogen-bond donors (Lipinski definition) is 2. The molecule has 0 amide bonds. The van der Waals surface area contributed by atoms with Crippen molar-refractivity contribution < 1.29 is 9.53 Å². The molecule has 4 heterocycles. The summed E-state index contributed by atoms with van der Waals surface area (Å²) in [5.41, 5.74) is 0.357. The molecule has 0 atom stereocenters. The van der Waals surface area contributed by atoms with Crippen molar-refractivity contribution in [2.45, 2.75) is 27.3 Å². The first kappa shape index (κ1) is 22.6. The third-order valence-corrected chi connectivity index (χ3v) is 6.32. The lowest BCUT2D eigenvalue weighted by molar-refractivity contribution is 0.0752. The molecule has 4 rings (SSSR count). The Morgan fingerprint density at radius 2 is 2.00 bits per heavy atom. The topological polar surface area (TPSA) is 92.2 Å². The lowest BCUT2D eigenvalue weighted by Crippen LogP contribution is -2.37. The standard InChI is InChI=1S/C22H26ClN5O3S/c1-22(2,3)21(30)28-18(24-13-15-4-5-17(23)32-15)12-16(26-28)14-10-19(25-20(29)11-14)27-6-8-31-9-7-27/h4-5,10-12,24H,6-9,13H2,1-3H3,(H,25,29). The van der Waals surface area contributed by atoms with Crippen LogP contribution in [0.5, 0.6) is 0 Å². The van der Waals surface area contributed by atoms with Crippen LogP contribution in [-0.4, -0.2) is 47.0 Å². The number of nitrogens with zero attached hydrogens (tertiary/aromatic N) is 3. The molecule has 1 saturated heterocycles. The molecule has 0 aromatic carbocycles. The molecule has 10 heteroatoms. The second-order valence-electron chi connectivity index (χ2n) is 8.66. The van der Waals surface area contributed by atoms with Gasteiger partial charge in [-0.1, -0.05) is 32.4 Å². The minimum Gasteiger partial charge on any atom is -0.378 e. The molecule has 0 bridgehead atoms. The molecular weight excluding hydrogens is 450 g/mol. The molecule has 3 aromatic rings. The highest BCUT2D eigenvalue weighted by molar-refractivity contribution is 7.16. The first-order chi connectivity index (χ1) is 15.2. The summed E-state index contributed by atoms with van der Waals surface area (Å²) in [5, 5.41) is 7.87. The second-order valence-corrected chi connectivity index (χ2v) is 10.5. The summed E-state index contributed by atoms with van der Waals surface area (Å²) in [5.74, 6) is 1.14. The molecule has 0 saturated carbocycles. The Balaban J connectivity index is 1.69. The number of nitrogens with one attached hydrogen (secondary N) is 2. The van der Waals surface area contributed by atoms with Crippen molar-refractivity contribution in [3.8, 4) is 11.3 Å². The molecule has 1 aliphatic rings. The monoisotopic (exact) mass is 475 g/mol. The fourth-order valence-corrected chi connectivity index (χ4v) is 4.42. The van der Waals surface area contributed by atoms with Crippen molar-refractivity contribution in [1.29, 1.82) is 0 Å². The lowest BCUT2D eigenvalue weighted by Gasteiger charge is -2.28. The summed E-state index contributed by atoms with van der Waals surface area (Å²) in [6.07, 6.45) is 0. The Morgan fingerprint density at radius 1 is 1.25 bits per heavy atom. The van der Waals surface area contributed by atoms with Crippen LogP contribution >= 0.6 is 22.9 Å². The number of carbonyl (C=O) groups excluding carboxylic acids is 1. The van der Waals surface area contributed by atoms with Crippen LogP contribution in [0.15, 0.2) is 35.1 Å². The maximum atomic E-state index is 13.1. The van der Waals surface area contributed by atoms with Crippen molar-refractivity contribution in [2.24, 2.45) is 5.41 Å². The Labute approximate surface area is 195 Å². The van der Waals surface area contributed by atoms with Gasteiger partial charge in [-0.15, -0.1) is 11.3 Å². The average molecular weight is 476 g/mol. The quantitative estimate of drug-likeness (QED) is 0.577. The van der Waals surface area contributed by atoms with Crippen molar-refractivity contribution >= 4 is 40.5 Å². The molecule has 1 aliphatic heterocycles. The molecule has 3 aromatic heterocycles. The number of pyridine rings is 1. The second kappa shape index (κ2) is 9.09. The molecule has 2 N–H and O–H groups in total. The third kappa shape index (κ3) is 5.06. The van der Waals surface area contributed by atoms with Gasteiger partial charge in [0.2, 0.25) is 5.56 Å². The van der Waals surface area contributed by atoms with Gasteiger partial charge in [-0.2, -0.15) is 9.78 Å². The molecule has 0 spiro atoms. The Morgan fingerprint density at radius 3 is 2.66 bits per heavy atom. The van der Waals surface area contributed by atoms with E-state index in [4.69, 9.17) is 16.3 Å². The van der Waals surface area contributed by atoms with Crippen LogP contribution in [0.1, 0.15) is 30.4 Å². The van der Waals surface area contributed by atoms with E-state index in [0.717, 1.165) is 10.7 Å². The predicted octanol–water partition coefficient (Wildman–Crippen LogP) is 4.09. The van der Waals surface area contributed by atoms with Gasteiger partial charge >= 0.3 is 0 Å². The van der Waals surface area contributed by atoms with Crippen molar-refractivity contribution in [3.05, 3.63) is 49.9 Å². The Bertz CT molecular complexity index is 1170. The zero-order valence-electron chi connectivity index (χ0n) is 18.3. The van der Waals surface area contributed by atoms with E-state index in [-0.39, 0.29) is 11.5 Å². The van der Waals surface area contributed by atoms with Crippen LogP contribution < -0.4 is 15.8 Å². The summed E-state index contributed by atoms with van der Waals surface area (Å²) >= 11 is 7.51. The molecule has 0 unspecified atom stereocenters. The van der Waals surface area contributed by atoms with Crippen LogP contribution in [-0.2, 0) is 11.3 Å². The fraction of sp³-hybridized carbons (Fsp3) is 0.409. The average Bonchev–Trinajstić information content (AvgIpc) is 3.37. The Hall–Kier alpha value is -2.62. The molecule has 1 fully saturated rings. The first-order valence-electron chi connectivity index (χ1n) is 10.4. The van der Waals surface area contributed by atoms with Gasteiger partial charge in [0.15, 0.2) is 0 Å². The maximum absolute atomic E-state index is 13.1. The first-order valence-corrected chi connectivity index (χ1v) is 11.6. The van der Waals surface area contributed by atoms with Gasteiger partial charge in [0.25, 0.3) is 5.91 Å². The van der Waals surface area contributed by atoms with E-state index in [1.807, 2.05) is 39.0 Å². The third-order valence-electron chi connectivity index (χ3n) is 5.09. The number of carbonyl (C=O) groups is 1. The van der Waals surface area contributed by atoms with E-state index in [2.05, 4.69) is 20.3 Å². The van der Waals surface area contributed by atoms with E-state index in [9.17, 15) is 9.59 Å². The van der Waals surface area contributed by atoms with Crippen molar-refractivity contribution in [1.82, 2.24) is 14.8 Å². The predicted molar refractivity (Wildman–Crippen MR) is 128 cm³/mol. The van der Waals surface area contributed by atoms with Gasteiger partial charge in [-0.3, -0.25) is 9.59 Å². The molecular formula is C22H26ClN5O3S. The van der Waals surface area contributed by atoms with Crippen molar-refractivity contribution in [3.63, 3.8) is 0 Å². The molecule has 0 aliphatic carbocycles. The highest BCUT2D eigenvalue weighted by atomic mass is 35.5. The minimum absolute atomic E-state index is 0.145. The summed E-state index contributed by atoms with van der Waals surface area (Å²) in [6, 6.07) is 8.98. The van der Waals surface area contributed by atoms with Crippen LogP contribution in [0.2, 0.25) is 4.34 Å². The largest absolute Gasteiger partial charge is 0.378 e. The summed E-state index contributed by atoms with van der Waals surface area (Å²) in [7, 11) is 0. The van der Waals surface area contributed by atoms with Gasteiger partial charge in [-0.25, -0.2) is 0 Å². The number of halogens is 1. The lowest BCUT2D eigenvalue weighted by atomic mass is 9.96. The minimum atomic E-state index is -0.626. The maximum Gasteiger partial charge on any atom is 0.254 e. The number of thiophene rings is 1. The fourth-order valence-electron chi connectivity index (χ4n) is 3.40. The zero-order chi connectivity index (χ0) is 22.9. The van der Waals surface area contributed by atoms with Crippen LogP contribution in [0.25, 0.3) is 11.3 Å². The van der Waals surface area contributed by atoms with Crippen LogP contribution in [0, 0.1) is 5.41 Å². The number of H-pyrrole nitrogens is 1. The molecule has 0 radical (unpaired) electrons. The van der Waals surface area contributed by atoms with Gasteiger partial charge < -0.3 is 19.9 Å². The number of aromatic nitrogens is 3. The summed E-state index contributed by atoms with van der Waals surface area (Å²) < 4.78 is 7.50. The highest BCUT2D eigenvalue weighted by Gasteiger charge is 2.27. The van der Waals surface area contributed by atoms with Crippen LogP contribution in [0.4, 0.5) is 11.6 Å². The number of aromatic amines is 1. The SMILES string of the molecule is CC(C)(C)C(=O)n1nc(-c2cc(N3CCOCC3)[nH]c(=O)c2)cc1NCc1ccc(Cl)s1. The van der Waals surface area contributed by atoms with E-state index in [0.29, 0.717) is 54.3 Å². The number of morpholine rings is 1. The molecule has 32 heavy (non-hydrogen) atoms. The molecule has 170 valence electrons. The highest BCUT2D eigenvalue weighted by Crippen LogP contribution is 2.28. The van der Waals surface area contributed by atoms with Crippen molar-refractivity contribution in [2.75, 3.05) is 36.5 Å². The van der Waals surface area contributed by atoms with Gasteiger partial charge in [0.1, 0.15) is 11.6 Å². The van der Waals surface area contributed by atoms with Crippen LogP contribution in [0.3, 0.4) is 0 Å². The number of anilines is 2. The Kier molecular flexibility index (Phi) is 6.41. The number of rotatable bonds is 5. The van der Waals surface area contributed by atoms with Gasteiger partial charge in [0, 0.05) is 41.1 Å². The smallest absolute Gasteiger partial charge is 0.254 e. The van der Waals surface area contributed by atoms with E-state index < -0.39 is 5.41 Å². The zero-order valence-corrected chi connectivity index (χ0v) is 19.8. The summed E-state index contributed by atoms with van der Waals surface area (Å²) in [6.45, 7) is 8.69. The molecule has 8 nitrogen and oxygen atoms in total. The normalized spacial score (nSPS) is 14.6. The van der Waals surface area contributed by atoms with Gasteiger partial charge in [-0.05, 0) is 18.2 Å². The number of ether oxygens (including phenoxy) is 1. The van der Waals surface area contributed by atoms with E-state index in [1.165, 1.54) is 22.1 Å². The summed E-state index contributed by atoms with van der Waals surface area (Å²) in [4.78, 5) is 31.5.